The highest BCUT2D eigenvalue weighted by atomic mass is 32.2. The number of thiazole rings is 1. The molecule has 0 aliphatic carbocycles. The summed E-state index contributed by atoms with van der Waals surface area (Å²) >= 11 is 1.40. The molecule has 7 heteroatoms. The van der Waals surface area contributed by atoms with E-state index in [2.05, 4.69) is 21.5 Å². The molecule has 0 aliphatic heterocycles. The molecule has 2 aromatic rings. The second kappa shape index (κ2) is 6.63. The van der Waals surface area contributed by atoms with Crippen LogP contribution in [0.15, 0.2) is 40.1 Å². The quantitative estimate of drug-likeness (QED) is 0.825. The van der Waals surface area contributed by atoms with Crippen molar-refractivity contribution in [2.45, 2.75) is 11.4 Å². The van der Waals surface area contributed by atoms with Crippen molar-refractivity contribution in [3.8, 4) is 11.8 Å². The second-order valence-electron chi connectivity index (χ2n) is 3.76. The molecule has 0 unspecified atom stereocenters. The predicted molar refractivity (Wildman–Crippen MR) is 76.5 cm³/mol. The maximum atomic E-state index is 12.2. The summed E-state index contributed by atoms with van der Waals surface area (Å²) in [6, 6.07) is 6.40. The summed E-state index contributed by atoms with van der Waals surface area (Å²) < 4.78 is 27.0. The molecule has 0 saturated heterocycles. The average molecular weight is 308 g/mol. The lowest BCUT2D eigenvalue weighted by Crippen LogP contribution is -2.24. The van der Waals surface area contributed by atoms with Gasteiger partial charge in [0.05, 0.1) is 22.6 Å². The summed E-state index contributed by atoms with van der Waals surface area (Å²) in [5.41, 5.74) is 2.66. The predicted octanol–water partition coefficient (Wildman–Crippen LogP) is 0.965. The Morgan fingerprint density at radius 3 is 2.85 bits per heavy atom. The molecule has 1 heterocycles. The van der Waals surface area contributed by atoms with Crippen molar-refractivity contribution in [1.82, 2.24) is 9.71 Å². The van der Waals surface area contributed by atoms with E-state index < -0.39 is 10.0 Å². The summed E-state index contributed by atoms with van der Waals surface area (Å²) in [6.07, 6.45) is 0. The number of nitrogens with zero attached hydrogens (tertiary/aromatic N) is 1. The summed E-state index contributed by atoms with van der Waals surface area (Å²) in [6.45, 7) is -0.186. The number of aromatic nitrogens is 1. The summed E-state index contributed by atoms with van der Waals surface area (Å²) in [5.74, 6) is 5.08. The van der Waals surface area contributed by atoms with Crippen LogP contribution < -0.4 is 4.72 Å². The largest absolute Gasteiger partial charge is 0.384 e. The van der Waals surface area contributed by atoms with E-state index >= 15 is 0 Å². The summed E-state index contributed by atoms with van der Waals surface area (Å²) in [5, 5.41) is 10.5. The number of rotatable bonds is 4. The van der Waals surface area contributed by atoms with Crippen molar-refractivity contribution in [2.75, 3.05) is 6.61 Å². The first-order valence-electron chi connectivity index (χ1n) is 5.69. The van der Waals surface area contributed by atoms with Crippen LogP contribution in [0.3, 0.4) is 0 Å². The maximum Gasteiger partial charge on any atom is 0.242 e. The Morgan fingerprint density at radius 1 is 1.35 bits per heavy atom. The molecule has 0 amide bonds. The number of hydrogen-bond donors (Lipinski definition) is 2. The van der Waals surface area contributed by atoms with Crippen LogP contribution in [0.2, 0.25) is 0 Å². The van der Waals surface area contributed by atoms with E-state index in [0.29, 0.717) is 11.3 Å². The van der Waals surface area contributed by atoms with Gasteiger partial charge in [-0.05, 0) is 12.1 Å². The number of aliphatic hydroxyl groups excluding tert-OH is 1. The normalized spacial score (nSPS) is 10.8. The fraction of sp³-hybridized carbons (Fsp3) is 0.154. The number of aliphatic hydroxyl groups is 1. The lowest BCUT2D eigenvalue weighted by atomic mass is 10.2. The van der Waals surface area contributed by atoms with E-state index in [4.69, 9.17) is 5.11 Å². The Morgan fingerprint density at radius 2 is 2.15 bits per heavy atom. The molecule has 1 aromatic carbocycles. The summed E-state index contributed by atoms with van der Waals surface area (Å²) in [4.78, 5) is 4.11. The van der Waals surface area contributed by atoms with Gasteiger partial charge in [0.1, 0.15) is 6.61 Å². The minimum absolute atomic E-state index is 0.0937. The van der Waals surface area contributed by atoms with Gasteiger partial charge in [-0.15, -0.1) is 11.3 Å². The van der Waals surface area contributed by atoms with Gasteiger partial charge in [0.25, 0.3) is 0 Å². The zero-order chi connectivity index (χ0) is 14.4. The van der Waals surface area contributed by atoms with E-state index in [1.165, 1.54) is 17.4 Å². The van der Waals surface area contributed by atoms with Gasteiger partial charge in [-0.1, -0.05) is 24.0 Å². The van der Waals surface area contributed by atoms with Crippen molar-refractivity contribution in [3.05, 3.63) is 46.4 Å². The molecule has 0 aliphatic rings. The fourth-order valence-corrected chi connectivity index (χ4v) is 3.23. The first kappa shape index (κ1) is 14.7. The van der Waals surface area contributed by atoms with Gasteiger partial charge < -0.3 is 5.11 Å². The van der Waals surface area contributed by atoms with Crippen molar-refractivity contribution < 1.29 is 13.5 Å². The molecule has 0 atom stereocenters. The Hall–Kier alpha value is -1.72. The Balaban J connectivity index is 2.25. The van der Waals surface area contributed by atoms with Crippen molar-refractivity contribution in [2.24, 2.45) is 0 Å². The van der Waals surface area contributed by atoms with Gasteiger partial charge >= 0.3 is 0 Å². The van der Waals surface area contributed by atoms with Crippen LogP contribution in [0.25, 0.3) is 0 Å². The molecule has 1 aromatic heterocycles. The molecule has 2 N–H and O–H groups in total. The number of benzene rings is 1. The minimum Gasteiger partial charge on any atom is -0.384 e. The van der Waals surface area contributed by atoms with E-state index in [0.717, 1.165) is 0 Å². The SMILES string of the molecule is O=S(=O)(NCc1cscn1)c1ccccc1C#CCO. The molecule has 0 bridgehead atoms. The van der Waals surface area contributed by atoms with Crippen LogP contribution in [0.4, 0.5) is 0 Å². The van der Waals surface area contributed by atoms with Gasteiger partial charge in [-0.25, -0.2) is 18.1 Å². The fourth-order valence-electron chi connectivity index (χ4n) is 1.51. The highest BCUT2D eigenvalue weighted by Crippen LogP contribution is 2.14. The highest BCUT2D eigenvalue weighted by Gasteiger charge is 2.17. The van der Waals surface area contributed by atoms with Crippen molar-refractivity contribution in [1.29, 1.82) is 0 Å². The average Bonchev–Trinajstić information content (AvgIpc) is 2.97. The molecule has 20 heavy (non-hydrogen) atoms. The number of hydrogen-bond acceptors (Lipinski definition) is 5. The molecule has 0 spiro atoms. The lowest BCUT2D eigenvalue weighted by Gasteiger charge is -2.07. The first-order chi connectivity index (χ1) is 9.63. The van der Waals surface area contributed by atoms with Crippen LogP contribution in [0.1, 0.15) is 11.3 Å². The van der Waals surface area contributed by atoms with E-state index in [9.17, 15) is 8.42 Å². The zero-order valence-electron chi connectivity index (χ0n) is 10.4. The Bertz CT molecular complexity index is 728. The van der Waals surface area contributed by atoms with Gasteiger partial charge in [0, 0.05) is 10.9 Å². The topological polar surface area (TPSA) is 79.3 Å². The number of nitrogens with one attached hydrogen (secondary N) is 1. The molecular formula is C13H12N2O3S2. The van der Waals surface area contributed by atoms with Crippen LogP contribution in [0.5, 0.6) is 0 Å². The van der Waals surface area contributed by atoms with Crippen LogP contribution in [0, 0.1) is 11.8 Å². The van der Waals surface area contributed by atoms with E-state index in [1.807, 2.05) is 0 Å². The van der Waals surface area contributed by atoms with Gasteiger partial charge in [-0.3, -0.25) is 0 Å². The molecule has 104 valence electrons. The first-order valence-corrected chi connectivity index (χ1v) is 8.11. The van der Waals surface area contributed by atoms with Gasteiger partial charge in [-0.2, -0.15) is 0 Å². The zero-order valence-corrected chi connectivity index (χ0v) is 12.0. The lowest BCUT2D eigenvalue weighted by molar-refractivity contribution is 0.350. The molecule has 2 rings (SSSR count). The van der Waals surface area contributed by atoms with Crippen molar-refractivity contribution in [3.63, 3.8) is 0 Å². The van der Waals surface area contributed by atoms with Crippen LogP contribution >= 0.6 is 11.3 Å². The Labute approximate surface area is 121 Å². The van der Waals surface area contributed by atoms with Gasteiger partial charge in [0.2, 0.25) is 10.0 Å². The number of sulfonamides is 1. The third-order valence-electron chi connectivity index (χ3n) is 2.41. The smallest absolute Gasteiger partial charge is 0.242 e. The third kappa shape index (κ3) is 3.65. The molecule has 0 fully saturated rings. The standard InChI is InChI=1S/C13H12N2O3S2/c16-7-3-5-11-4-1-2-6-13(11)20(17,18)15-8-12-9-19-10-14-12/h1-2,4,6,9-10,15-16H,7-8H2. The second-order valence-corrected chi connectivity index (χ2v) is 6.21. The Kier molecular flexibility index (Phi) is 4.87. The molecular weight excluding hydrogens is 296 g/mol. The minimum atomic E-state index is -3.67. The summed E-state index contributed by atoms with van der Waals surface area (Å²) in [7, 11) is -3.67. The van der Waals surface area contributed by atoms with Gasteiger partial charge in [0.15, 0.2) is 0 Å². The van der Waals surface area contributed by atoms with Crippen LogP contribution in [-0.2, 0) is 16.6 Å². The maximum absolute atomic E-state index is 12.2. The van der Waals surface area contributed by atoms with E-state index in [-0.39, 0.29) is 18.0 Å². The molecule has 0 saturated carbocycles. The molecule has 0 radical (unpaired) electrons. The van der Waals surface area contributed by atoms with E-state index in [1.54, 1.807) is 29.1 Å². The molecule has 5 nitrogen and oxygen atoms in total. The monoisotopic (exact) mass is 308 g/mol. The third-order valence-corrected chi connectivity index (χ3v) is 4.50. The highest BCUT2D eigenvalue weighted by molar-refractivity contribution is 7.89. The van der Waals surface area contributed by atoms with Crippen LogP contribution in [-0.4, -0.2) is 25.1 Å². The van der Waals surface area contributed by atoms with Crippen molar-refractivity contribution >= 4 is 21.4 Å².